The summed E-state index contributed by atoms with van der Waals surface area (Å²) >= 11 is 0. The van der Waals surface area contributed by atoms with Gasteiger partial charge in [0.15, 0.2) is 0 Å². The zero-order chi connectivity index (χ0) is 37.6. The number of hydrogen-bond acceptors (Lipinski definition) is 7. The monoisotopic (exact) mass is 729 g/mol. The van der Waals surface area contributed by atoms with Crippen LogP contribution in [0.25, 0.3) is 0 Å². The minimum Gasteiger partial charge on any atom is -0.496 e. The van der Waals surface area contributed by atoms with Crippen molar-refractivity contribution in [2.75, 3.05) is 44.7 Å². The van der Waals surface area contributed by atoms with Crippen LogP contribution in [0.5, 0.6) is 5.75 Å². The lowest BCUT2D eigenvalue weighted by molar-refractivity contribution is -0.138. The van der Waals surface area contributed by atoms with E-state index in [2.05, 4.69) is 5.32 Å². The van der Waals surface area contributed by atoms with Gasteiger partial charge >= 0.3 is 17.8 Å². The van der Waals surface area contributed by atoms with Crippen molar-refractivity contribution in [3.8, 4) is 5.75 Å². The van der Waals surface area contributed by atoms with Gasteiger partial charge in [0.2, 0.25) is 0 Å². The molecule has 0 saturated carbocycles. The number of nitrogens with one attached hydrogen (secondary N) is 1. The maximum Gasteiger partial charge on any atom is 0.416 e. The summed E-state index contributed by atoms with van der Waals surface area (Å²) < 4.78 is 78.7. The summed E-state index contributed by atoms with van der Waals surface area (Å²) in [5.74, 6) is -2.03. The van der Waals surface area contributed by atoms with Gasteiger partial charge in [0.1, 0.15) is 23.1 Å². The predicted molar refractivity (Wildman–Crippen MR) is 185 cm³/mol. The van der Waals surface area contributed by atoms with Gasteiger partial charge in [-0.2, -0.15) is 13.2 Å². The van der Waals surface area contributed by atoms with Crippen molar-refractivity contribution < 1.29 is 36.6 Å². The molecular formula is C37H40F5N5O5. The molecule has 4 aromatic rings. The number of benzene rings is 3. The largest absolute Gasteiger partial charge is 0.496 e. The molecule has 10 nitrogen and oxygen atoms in total. The Morgan fingerprint density at radius 3 is 2.31 bits per heavy atom. The van der Waals surface area contributed by atoms with Crippen molar-refractivity contribution >= 4 is 11.7 Å². The summed E-state index contributed by atoms with van der Waals surface area (Å²) in [6.45, 7) is 2.42. The van der Waals surface area contributed by atoms with E-state index in [1.54, 1.807) is 41.3 Å². The number of carboxylic acid groups (broad SMARTS) is 1. The Labute approximate surface area is 296 Å². The van der Waals surface area contributed by atoms with Gasteiger partial charge in [-0.05, 0) is 55.8 Å². The number of carbonyl (C=O) groups is 1. The van der Waals surface area contributed by atoms with Gasteiger partial charge in [-0.1, -0.05) is 36.4 Å². The minimum atomic E-state index is -4.91. The molecular weight excluding hydrogens is 689 g/mol. The maximum absolute atomic E-state index is 15.1. The molecule has 1 atom stereocenters. The summed E-state index contributed by atoms with van der Waals surface area (Å²) in [5.41, 5.74) is -2.08. The fourth-order valence-electron chi connectivity index (χ4n) is 6.55. The molecule has 5 rings (SSSR count). The number of hydrogen-bond donors (Lipinski definition) is 2. The molecule has 15 heteroatoms. The molecule has 1 saturated heterocycles. The van der Waals surface area contributed by atoms with Crippen LogP contribution >= 0.6 is 0 Å². The van der Waals surface area contributed by atoms with E-state index in [0.29, 0.717) is 36.5 Å². The lowest BCUT2D eigenvalue weighted by Gasteiger charge is -2.37. The Morgan fingerprint density at radius 2 is 1.65 bits per heavy atom. The highest BCUT2D eigenvalue weighted by Crippen LogP contribution is 2.34. The van der Waals surface area contributed by atoms with Gasteiger partial charge in [0.25, 0.3) is 5.56 Å². The van der Waals surface area contributed by atoms with Gasteiger partial charge < -0.3 is 20.1 Å². The van der Waals surface area contributed by atoms with Crippen LogP contribution in [0, 0.1) is 18.6 Å². The smallest absolute Gasteiger partial charge is 0.416 e. The number of halogens is 5. The summed E-state index contributed by atoms with van der Waals surface area (Å²) in [7, 11) is 1.49. The molecule has 1 aliphatic heterocycles. The number of rotatable bonds is 14. The van der Waals surface area contributed by atoms with Crippen LogP contribution in [-0.4, -0.2) is 64.9 Å². The Hall–Kier alpha value is -5.02. The van der Waals surface area contributed by atoms with Crippen LogP contribution in [0.3, 0.4) is 0 Å². The van der Waals surface area contributed by atoms with E-state index in [-0.39, 0.29) is 50.4 Å². The summed E-state index contributed by atoms with van der Waals surface area (Å²) in [4.78, 5) is 43.5. The van der Waals surface area contributed by atoms with E-state index in [0.717, 1.165) is 27.3 Å². The number of methoxy groups -OCH3 is 1. The molecule has 278 valence electrons. The van der Waals surface area contributed by atoms with Crippen LogP contribution in [0.15, 0.2) is 76.3 Å². The number of alkyl halides is 3. The third kappa shape index (κ3) is 8.88. The maximum atomic E-state index is 15.1. The molecule has 1 aromatic heterocycles. The van der Waals surface area contributed by atoms with E-state index in [9.17, 15) is 31.9 Å². The average Bonchev–Trinajstić information content (AvgIpc) is 3.10. The van der Waals surface area contributed by atoms with E-state index in [1.807, 2.05) is 4.90 Å². The number of anilines is 1. The number of nitrogens with zero attached hydrogens (tertiary/aromatic N) is 4. The van der Waals surface area contributed by atoms with E-state index in [1.165, 1.54) is 26.2 Å². The molecule has 0 radical (unpaired) electrons. The first-order valence-electron chi connectivity index (χ1n) is 16.8. The second-order valence-electron chi connectivity index (χ2n) is 12.6. The first-order valence-corrected chi connectivity index (χ1v) is 16.8. The zero-order valence-corrected chi connectivity index (χ0v) is 28.8. The van der Waals surface area contributed by atoms with E-state index >= 15 is 4.39 Å². The molecule has 52 heavy (non-hydrogen) atoms. The third-order valence-corrected chi connectivity index (χ3v) is 9.25. The quantitative estimate of drug-likeness (QED) is 0.135. The highest BCUT2D eigenvalue weighted by Gasteiger charge is 2.35. The van der Waals surface area contributed by atoms with Gasteiger partial charge in [-0.3, -0.25) is 23.6 Å². The van der Waals surface area contributed by atoms with Crippen LogP contribution < -0.4 is 26.2 Å². The average molecular weight is 730 g/mol. The normalized spacial score (nSPS) is 14.4. The van der Waals surface area contributed by atoms with Gasteiger partial charge in [-0.15, -0.1) is 0 Å². The van der Waals surface area contributed by atoms with Crippen LogP contribution in [0.2, 0.25) is 0 Å². The van der Waals surface area contributed by atoms with Crippen molar-refractivity contribution in [2.24, 2.45) is 0 Å². The Kier molecular flexibility index (Phi) is 12.2. The number of aliphatic carboxylic acids is 1. The third-order valence-electron chi connectivity index (χ3n) is 9.25. The molecule has 1 fully saturated rings. The number of aromatic nitrogens is 2. The number of ether oxygens (including phenoxy) is 1. The standard InChI is InChI=1S/C37H40F5N5O5/c1-24-34(45-18-16-44(17-19-45)21-26-20-27(38)13-14-32(26)52-2)35(50)47(23-31(25-8-4-3-5-9-25)43-15-7-12-33(48)49)36(51)46(24)22-28-29(37(40,41)42)10-6-11-30(28)39/h3-6,8-11,13-14,20,31,43H,7,12,15-19,21-23H2,1-2H3,(H,48,49)/t31-/m0/s1. The SMILES string of the molecule is COc1ccc(F)cc1CN1CCN(c2c(C)n(Cc3c(F)cccc3C(F)(F)F)c(=O)n(C[C@H](NCCCC(=O)O)c3ccccc3)c2=O)CC1. The molecule has 0 bridgehead atoms. The molecule has 0 aliphatic carbocycles. The van der Waals surface area contributed by atoms with Gasteiger partial charge in [-0.25, -0.2) is 13.6 Å². The predicted octanol–water partition coefficient (Wildman–Crippen LogP) is 5.19. The molecule has 3 aromatic carbocycles. The fraction of sp³-hybridized carbons (Fsp3) is 0.378. The van der Waals surface area contributed by atoms with Crippen molar-refractivity contribution in [3.63, 3.8) is 0 Å². The van der Waals surface area contributed by atoms with Crippen molar-refractivity contribution in [1.29, 1.82) is 0 Å². The zero-order valence-electron chi connectivity index (χ0n) is 28.8. The Bertz CT molecular complexity index is 1990. The molecule has 0 amide bonds. The van der Waals surface area contributed by atoms with E-state index < -0.39 is 58.7 Å². The number of carboxylic acids is 1. The Balaban J connectivity index is 1.55. The van der Waals surface area contributed by atoms with Crippen LogP contribution in [0.1, 0.15) is 46.8 Å². The summed E-state index contributed by atoms with van der Waals surface area (Å²) in [6, 6.07) is 15.0. The van der Waals surface area contributed by atoms with Crippen LogP contribution in [-0.2, 0) is 30.6 Å². The van der Waals surface area contributed by atoms with Crippen molar-refractivity contribution in [3.05, 3.63) is 127 Å². The Morgan fingerprint density at radius 1 is 0.942 bits per heavy atom. The fourth-order valence-corrected chi connectivity index (χ4v) is 6.55. The highest BCUT2D eigenvalue weighted by molar-refractivity contribution is 5.66. The summed E-state index contributed by atoms with van der Waals surface area (Å²) in [6.07, 6.45) is -4.76. The van der Waals surface area contributed by atoms with Crippen molar-refractivity contribution in [1.82, 2.24) is 19.4 Å². The second kappa shape index (κ2) is 16.5. The topological polar surface area (TPSA) is 109 Å². The summed E-state index contributed by atoms with van der Waals surface area (Å²) in [5, 5.41) is 12.3. The molecule has 0 spiro atoms. The molecule has 2 N–H and O–H groups in total. The van der Waals surface area contributed by atoms with E-state index in [4.69, 9.17) is 9.84 Å². The first-order chi connectivity index (χ1) is 24.8. The minimum absolute atomic E-state index is 0.0774. The second-order valence-corrected chi connectivity index (χ2v) is 12.6. The first kappa shape index (κ1) is 38.2. The number of piperazine rings is 1. The molecule has 0 unspecified atom stereocenters. The van der Waals surface area contributed by atoms with Gasteiger partial charge in [0, 0.05) is 56.0 Å². The highest BCUT2D eigenvalue weighted by atomic mass is 19.4. The van der Waals surface area contributed by atoms with Crippen molar-refractivity contribution in [2.45, 2.75) is 51.6 Å². The van der Waals surface area contributed by atoms with Crippen LogP contribution in [0.4, 0.5) is 27.6 Å². The molecule has 2 heterocycles. The lowest BCUT2D eigenvalue weighted by atomic mass is 10.1. The lowest BCUT2D eigenvalue weighted by Crippen LogP contribution is -2.51. The van der Waals surface area contributed by atoms with Gasteiger partial charge in [0.05, 0.1) is 31.8 Å². The molecule has 1 aliphatic rings.